The Hall–Kier alpha value is -2.55. The van der Waals surface area contributed by atoms with E-state index in [1.165, 1.54) is 0 Å². The highest BCUT2D eigenvalue weighted by atomic mass is 32.1. The second-order valence-corrected chi connectivity index (χ2v) is 9.00. The predicted molar refractivity (Wildman–Crippen MR) is 123 cm³/mol. The molecule has 0 aliphatic carbocycles. The van der Waals surface area contributed by atoms with Crippen molar-refractivity contribution in [2.45, 2.75) is 25.9 Å². The Balaban J connectivity index is 1.61. The lowest BCUT2D eigenvalue weighted by Crippen LogP contribution is -2.37. The first-order valence-electron chi connectivity index (χ1n) is 10.9. The van der Waals surface area contributed by atoms with E-state index in [9.17, 15) is 4.79 Å². The summed E-state index contributed by atoms with van der Waals surface area (Å²) in [6, 6.07) is 10.5. The number of nitrogens with one attached hydrogen (secondary N) is 1. The van der Waals surface area contributed by atoms with Crippen molar-refractivity contribution in [2.75, 3.05) is 44.3 Å². The predicted octanol–water partition coefficient (Wildman–Crippen LogP) is 2.91. The summed E-state index contributed by atoms with van der Waals surface area (Å²) in [5.74, 6) is 1.88. The van der Waals surface area contributed by atoms with Crippen LogP contribution in [0.4, 0.5) is 5.82 Å². The number of carbonyl (C=O) groups is 1. The van der Waals surface area contributed by atoms with Crippen LogP contribution in [-0.4, -0.2) is 66.2 Å². The van der Waals surface area contributed by atoms with Crippen LogP contribution >= 0.6 is 11.3 Å². The molecule has 2 saturated heterocycles. The van der Waals surface area contributed by atoms with Gasteiger partial charge < -0.3 is 15.0 Å². The van der Waals surface area contributed by atoms with Crippen LogP contribution in [-0.2, 0) is 16.1 Å². The van der Waals surface area contributed by atoms with Crippen molar-refractivity contribution in [3.63, 3.8) is 0 Å². The van der Waals surface area contributed by atoms with Crippen LogP contribution in [0.3, 0.4) is 0 Å². The average molecular weight is 438 g/mol. The van der Waals surface area contributed by atoms with E-state index in [-0.39, 0.29) is 11.9 Å². The fourth-order valence-electron chi connectivity index (χ4n) is 4.34. The first-order valence-corrected chi connectivity index (χ1v) is 11.7. The molecule has 0 bridgehead atoms. The minimum Gasteiger partial charge on any atom is -0.379 e. The first-order chi connectivity index (χ1) is 15.2. The summed E-state index contributed by atoms with van der Waals surface area (Å²) < 4.78 is 5.49. The molecule has 162 valence electrons. The fraction of sp³-hybridized carbons (Fsp3) is 0.435. The zero-order valence-electron chi connectivity index (χ0n) is 17.7. The quantitative estimate of drug-likeness (QED) is 0.677. The molecular formula is C23H27N5O2S. The fourth-order valence-corrected chi connectivity index (χ4v) is 5.30. The van der Waals surface area contributed by atoms with Gasteiger partial charge in [0.25, 0.3) is 0 Å². The molecular weight excluding hydrogens is 410 g/mol. The summed E-state index contributed by atoms with van der Waals surface area (Å²) in [6.45, 7) is 7.48. The molecule has 2 aliphatic heterocycles. The van der Waals surface area contributed by atoms with E-state index in [2.05, 4.69) is 51.7 Å². The lowest BCUT2D eigenvalue weighted by molar-refractivity contribution is -0.120. The molecule has 2 aromatic heterocycles. The molecule has 4 heterocycles. The van der Waals surface area contributed by atoms with Gasteiger partial charge in [0.1, 0.15) is 16.5 Å². The third-order valence-corrected chi connectivity index (χ3v) is 6.85. The Kier molecular flexibility index (Phi) is 5.85. The van der Waals surface area contributed by atoms with Crippen LogP contribution < -0.4 is 10.2 Å². The van der Waals surface area contributed by atoms with Crippen LogP contribution in [0.15, 0.2) is 35.7 Å². The van der Waals surface area contributed by atoms with Gasteiger partial charge in [0.05, 0.1) is 25.1 Å². The third kappa shape index (κ3) is 4.28. The molecule has 3 aromatic rings. The summed E-state index contributed by atoms with van der Waals surface area (Å²) in [6.07, 6.45) is 0.467. The van der Waals surface area contributed by atoms with Gasteiger partial charge >= 0.3 is 0 Å². The molecule has 0 radical (unpaired) electrons. The molecule has 8 heteroatoms. The van der Waals surface area contributed by atoms with Gasteiger partial charge in [-0.15, -0.1) is 11.3 Å². The second kappa shape index (κ2) is 8.90. The maximum absolute atomic E-state index is 12.1. The Labute approximate surface area is 186 Å². The van der Waals surface area contributed by atoms with E-state index in [0.29, 0.717) is 19.5 Å². The van der Waals surface area contributed by atoms with E-state index < -0.39 is 0 Å². The molecule has 5 rings (SSSR count). The number of aromatic nitrogens is 2. The summed E-state index contributed by atoms with van der Waals surface area (Å²) in [5, 5.41) is 6.27. The van der Waals surface area contributed by atoms with Crippen LogP contribution in [0.1, 0.15) is 19.2 Å². The van der Waals surface area contributed by atoms with Crippen molar-refractivity contribution in [1.29, 1.82) is 0 Å². The van der Waals surface area contributed by atoms with Crippen LogP contribution in [0.25, 0.3) is 21.3 Å². The zero-order chi connectivity index (χ0) is 21.2. The smallest absolute Gasteiger partial charge is 0.222 e. The standard InChI is InChI=1S/C23H27N5O2S/c1-16-13-20(29)24-7-8-28(16)22-21-18(17-5-3-2-4-6-17)15-31-23(21)26-19(25-22)14-27-9-11-30-12-10-27/h2-6,15-16H,7-14H2,1H3,(H,24,29)/t16-/m0/s1. The van der Waals surface area contributed by atoms with Gasteiger partial charge in [-0.1, -0.05) is 30.3 Å². The molecule has 2 fully saturated rings. The lowest BCUT2D eigenvalue weighted by atomic mass is 10.1. The molecule has 1 aromatic carbocycles. The number of nitrogens with zero attached hydrogens (tertiary/aromatic N) is 4. The Morgan fingerprint density at radius 2 is 1.97 bits per heavy atom. The average Bonchev–Trinajstić information content (AvgIpc) is 3.13. The second-order valence-electron chi connectivity index (χ2n) is 8.14. The van der Waals surface area contributed by atoms with Crippen molar-refractivity contribution < 1.29 is 9.53 Å². The molecule has 0 spiro atoms. The van der Waals surface area contributed by atoms with Crippen molar-refractivity contribution in [1.82, 2.24) is 20.2 Å². The normalized spacial score (nSPS) is 20.6. The van der Waals surface area contributed by atoms with Crippen LogP contribution in [0.5, 0.6) is 0 Å². The Morgan fingerprint density at radius 1 is 1.16 bits per heavy atom. The number of anilines is 1. The van der Waals surface area contributed by atoms with Gasteiger partial charge in [-0.05, 0) is 12.5 Å². The third-order valence-electron chi connectivity index (χ3n) is 5.97. The van der Waals surface area contributed by atoms with E-state index >= 15 is 0 Å². The summed E-state index contributed by atoms with van der Waals surface area (Å²) in [5.41, 5.74) is 2.32. The maximum Gasteiger partial charge on any atom is 0.222 e. The highest BCUT2D eigenvalue weighted by Gasteiger charge is 2.27. The van der Waals surface area contributed by atoms with Gasteiger partial charge in [0, 0.05) is 49.6 Å². The molecule has 2 aliphatic rings. The number of carbonyl (C=O) groups excluding carboxylic acids is 1. The summed E-state index contributed by atoms with van der Waals surface area (Å²) in [4.78, 5) is 27.8. The minimum atomic E-state index is 0.0698. The van der Waals surface area contributed by atoms with E-state index in [1.807, 2.05) is 6.07 Å². The van der Waals surface area contributed by atoms with Crippen LogP contribution in [0.2, 0.25) is 0 Å². The maximum atomic E-state index is 12.1. The largest absolute Gasteiger partial charge is 0.379 e. The highest BCUT2D eigenvalue weighted by molar-refractivity contribution is 7.17. The van der Waals surface area contributed by atoms with Crippen molar-refractivity contribution in [3.8, 4) is 11.1 Å². The molecule has 31 heavy (non-hydrogen) atoms. The number of ether oxygens (including phenoxy) is 1. The molecule has 0 unspecified atom stereocenters. The van der Waals surface area contributed by atoms with Crippen LogP contribution in [0, 0.1) is 0 Å². The van der Waals surface area contributed by atoms with Gasteiger partial charge in [0.2, 0.25) is 5.91 Å². The number of hydrogen-bond donors (Lipinski definition) is 1. The molecule has 1 N–H and O–H groups in total. The van der Waals surface area contributed by atoms with Gasteiger partial charge in [-0.3, -0.25) is 9.69 Å². The van der Waals surface area contributed by atoms with E-state index in [1.54, 1.807) is 11.3 Å². The lowest BCUT2D eigenvalue weighted by Gasteiger charge is -2.30. The molecule has 1 atom stereocenters. The van der Waals surface area contributed by atoms with Gasteiger partial charge in [-0.25, -0.2) is 9.97 Å². The topological polar surface area (TPSA) is 70.6 Å². The van der Waals surface area contributed by atoms with E-state index in [4.69, 9.17) is 14.7 Å². The number of rotatable bonds is 4. The number of amides is 1. The molecule has 0 saturated carbocycles. The van der Waals surface area contributed by atoms with E-state index in [0.717, 1.165) is 65.8 Å². The summed E-state index contributed by atoms with van der Waals surface area (Å²) in [7, 11) is 0. The number of benzene rings is 1. The summed E-state index contributed by atoms with van der Waals surface area (Å²) >= 11 is 1.67. The van der Waals surface area contributed by atoms with Crippen molar-refractivity contribution in [2.24, 2.45) is 0 Å². The number of fused-ring (bicyclic) bond motifs is 1. The SMILES string of the molecule is C[C@H]1CC(=O)NCCN1c1nc(CN2CCOCC2)nc2scc(-c3ccccc3)c12. The number of hydrogen-bond acceptors (Lipinski definition) is 7. The number of thiophene rings is 1. The monoisotopic (exact) mass is 437 g/mol. The molecule has 7 nitrogen and oxygen atoms in total. The Morgan fingerprint density at radius 3 is 2.77 bits per heavy atom. The molecule has 1 amide bonds. The first kappa shape index (κ1) is 20.4. The van der Waals surface area contributed by atoms with Gasteiger partial charge in [0.15, 0.2) is 0 Å². The van der Waals surface area contributed by atoms with Crippen molar-refractivity contribution >= 4 is 33.3 Å². The Bertz CT molecular complexity index is 1060. The highest BCUT2D eigenvalue weighted by Crippen LogP contribution is 2.39. The number of morpholine rings is 1. The zero-order valence-corrected chi connectivity index (χ0v) is 18.5. The minimum absolute atomic E-state index is 0.0698. The van der Waals surface area contributed by atoms with Gasteiger partial charge in [-0.2, -0.15) is 0 Å². The van der Waals surface area contributed by atoms with Crippen molar-refractivity contribution in [3.05, 3.63) is 41.5 Å².